The number of rotatable bonds is 3. The Bertz CT molecular complexity index is 436. The Morgan fingerprint density at radius 1 is 1.61 bits per heavy atom. The van der Waals surface area contributed by atoms with Crippen molar-refractivity contribution in [1.29, 1.82) is 0 Å². The van der Waals surface area contributed by atoms with E-state index in [1.54, 1.807) is 23.9 Å². The third-order valence-electron chi connectivity index (χ3n) is 3.26. The molecule has 2 rings (SSSR count). The lowest BCUT2D eigenvalue weighted by Gasteiger charge is -2.32. The molecule has 0 spiro atoms. The van der Waals surface area contributed by atoms with Gasteiger partial charge in [0.05, 0.1) is 11.3 Å². The maximum atomic E-state index is 11.9. The van der Waals surface area contributed by atoms with Gasteiger partial charge >= 0.3 is 0 Å². The van der Waals surface area contributed by atoms with Gasteiger partial charge < -0.3 is 25.5 Å². The smallest absolute Gasteiger partial charge is 0.268 e. The zero-order chi connectivity index (χ0) is 13.2. The molecule has 0 saturated carbocycles. The Kier molecular flexibility index (Phi) is 3.58. The number of hydrogen-bond donors (Lipinski definition) is 3. The Morgan fingerprint density at radius 2 is 2.28 bits per heavy atom. The van der Waals surface area contributed by atoms with Crippen molar-refractivity contribution < 1.29 is 14.6 Å². The van der Waals surface area contributed by atoms with Gasteiger partial charge in [-0.2, -0.15) is 0 Å². The highest BCUT2D eigenvalue weighted by atomic mass is 16.5. The number of amides is 1. The van der Waals surface area contributed by atoms with E-state index in [1.807, 2.05) is 0 Å². The van der Waals surface area contributed by atoms with Crippen LogP contribution in [-0.2, 0) is 11.8 Å². The van der Waals surface area contributed by atoms with Crippen molar-refractivity contribution in [3.63, 3.8) is 0 Å². The summed E-state index contributed by atoms with van der Waals surface area (Å²) in [5, 5.41) is 13.0. The molecule has 100 valence electrons. The van der Waals surface area contributed by atoms with E-state index in [-0.39, 0.29) is 12.5 Å². The first-order valence-corrected chi connectivity index (χ1v) is 6.00. The predicted molar refractivity (Wildman–Crippen MR) is 67.2 cm³/mol. The molecule has 18 heavy (non-hydrogen) atoms. The second-order valence-electron chi connectivity index (χ2n) is 4.79. The number of nitrogen functional groups attached to an aromatic ring is 1. The highest BCUT2D eigenvalue weighted by Crippen LogP contribution is 2.19. The molecule has 0 bridgehead atoms. The number of nitrogens with two attached hydrogens (primary N) is 1. The number of ether oxygens (including phenoxy) is 1. The van der Waals surface area contributed by atoms with Crippen molar-refractivity contribution in [2.24, 2.45) is 7.05 Å². The van der Waals surface area contributed by atoms with E-state index in [9.17, 15) is 9.90 Å². The number of aryl methyl sites for hydroxylation is 1. The first-order chi connectivity index (χ1) is 8.50. The van der Waals surface area contributed by atoms with E-state index < -0.39 is 5.60 Å². The lowest BCUT2D eigenvalue weighted by Crippen LogP contribution is -2.46. The zero-order valence-corrected chi connectivity index (χ0v) is 10.5. The lowest BCUT2D eigenvalue weighted by atomic mass is 9.94. The molecule has 0 unspecified atom stereocenters. The summed E-state index contributed by atoms with van der Waals surface area (Å²) in [6.45, 7) is 1.30. The molecular formula is C12H19N3O3. The molecule has 0 atom stereocenters. The third kappa shape index (κ3) is 2.83. The number of nitrogens with zero attached hydrogens (tertiary/aromatic N) is 1. The van der Waals surface area contributed by atoms with Crippen LogP contribution in [0.5, 0.6) is 0 Å². The minimum Gasteiger partial charge on any atom is -0.397 e. The first-order valence-electron chi connectivity index (χ1n) is 6.00. The molecule has 0 aromatic carbocycles. The summed E-state index contributed by atoms with van der Waals surface area (Å²) in [6, 6.07) is 1.61. The molecule has 6 heteroatoms. The van der Waals surface area contributed by atoms with Crippen molar-refractivity contribution in [1.82, 2.24) is 9.88 Å². The summed E-state index contributed by atoms with van der Waals surface area (Å²) < 4.78 is 6.85. The van der Waals surface area contributed by atoms with Crippen LogP contribution in [0.15, 0.2) is 12.3 Å². The van der Waals surface area contributed by atoms with Gasteiger partial charge in [0.15, 0.2) is 0 Å². The molecule has 1 fully saturated rings. The minimum atomic E-state index is -0.857. The summed E-state index contributed by atoms with van der Waals surface area (Å²) in [7, 11) is 1.76. The first kappa shape index (κ1) is 12.9. The normalized spacial score (nSPS) is 18.6. The molecule has 1 aliphatic rings. The molecular weight excluding hydrogens is 234 g/mol. The summed E-state index contributed by atoms with van der Waals surface area (Å²) in [5.41, 5.74) is 5.80. The van der Waals surface area contributed by atoms with E-state index in [2.05, 4.69) is 5.32 Å². The predicted octanol–water partition coefficient (Wildman–Crippen LogP) is -0.121. The second-order valence-corrected chi connectivity index (χ2v) is 4.79. The monoisotopic (exact) mass is 253 g/mol. The van der Waals surface area contributed by atoms with Crippen molar-refractivity contribution in [3.8, 4) is 0 Å². The van der Waals surface area contributed by atoms with E-state index in [0.717, 1.165) is 0 Å². The minimum absolute atomic E-state index is 0.228. The maximum absolute atomic E-state index is 11.9. The van der Waals surface area contributed by atoms with Gasteiger partial charge in [-0.1, -0.05) is 0 Å². The van der Waals surface area contributed by atoms with Crippen molar-refractivity contribution in [2.45, 2.75) is 18.4 Å². The Hall–Kier alpha value is -1.53. The van der Waals surface area contributed by atoms with Crippen LogP contribution in [0, 0.1) is 0 Å². The van der Waals surface area contributed by atoms with Crippen molar-refractivity contribution >= 4 is 11.6 Å². The average Bonchev–Trinajstić information content (AvgIpc) is 2.67. The summed E-state index contributed by atoms with van der Waals surface area (Å²) in [5.74, 6) is -0.228. The third-order valence-corrected chi connectivity index (χ3v) is 3.26. The van der Waals surface area contributed by atoms with Crippen LogP contribution in [0.1, 0.15) is 23.3 Å². The fourth-order valence-electron chi connectivity index (χ4n) is 2.08. The molecule has 1 aromatic heterocycles. The second kappa shape index (κ2) is 4.99. The van der Waals surface area contributed by atoms with Gasteiger partial charge in [-0.25, -0.2) is 0 Å². The van der Waals surface area contributed by atoms with Gasteiger partial charge in [-0.05, 0) is 6.07 Å². The highest BCUT2D eigenvalue weighted by molar-refractivity contribution is 5.93. The van der Waals surface area contributed by atoms with Gasteiger partial charge in [0, 0.05) is 45.8 Å². The summed E-state index contributed by atoms with van der Waals surface area (Å²) >= 11 is 0. The quantitative estimate of drug-likeness (QED) is 0.700. The fraction of sp³-hybridized carbons (Fsp3) is 0.583. The Morgan fingerprint density at radius 3 is 2.83 bits per heavy atom. The molecule has 1 aliphatic heterocycles. The molecule has 1 amide bonds. The highest BCUT2D eigenvalue weighted by Gasteiger charge is 2.30. The number of carbonyl (C=O) groups excluding carboxylic acids is 1. The fourth-order valence-corrected chi connectivity index (χ4v) is 2.08. The summed E-state index contributed by atoms with van der Waals surface area (Å²) in [4.78, 5) is 11.9. The van der Waals surface area contributed by atoms with Crippen LogP contribution < -0.4 is 11.1 Å². The van der Waals surface area contributed by atoms with Crippen LogP contribution in [0.25, 0.3) is 0 Å². The van der Waals surface area contributed by atoms with Crippen LogP contribution in [-0.4, -0.2) is 40.9 Å². The lowest BCUT2D eigenvalue weighted by molar-refractivity contribution is -0.0605. The van der Waals surface area contributed by atoms with Crippen LogP contribution in [0.3, 0.4) is 0 Å². The topological polar surface area (TPSA) is 89.5 Å². The standard InChI is InChI=1S/C12H19N3O3/c1-15-7-9(13)6-10(15)11(16)14-8-12(17)2-4-18-5-3-12/h6-7,17H,2-5,8,13H2,1H3,(H,14,16). The molecule has 0 radical (unpaired) electrons. The average molecular weight is 253 g/mol. The van der Waals surface area contributed by atoms with Gasteiger partial charge in [-0.15, -0.1) is 0 Å². The molecule has 6 nitrogen and oxygen atoms in total. The van der Waals surface area contributed by atoms with Gasteiger partial charge in [0.1, 0.15) is 5.69 Å². The van der Waals surface area contributed by atoms with Gasteiger partial charge in [-0.3, -0.25) is 4.79 Å². The Balaban J connectivity index is 1.94. The molecule has 1 aromatic rings. The van der Waals surface area contributed by atoms with E-state index in [1.165, 1.54) is 0 Å². The number of carbonyl (C=O) groups is 1. The zero-order valence-electron chi connectivity index (χ0n) is 10.5. The Labute approximate surface area is 106 Å². The van der Waals surface area contributed by atoms with Crippen molar-refractivity contribution in [3.05, 3.63) is 18.0 Å². The number of nitrogens with one attached hydrogen (secondary N) is 1. The largest absolute Gasteiger partial charge is 0.397 e. The van der Waals surface area contributed by atoms with Crippen LogP contribution in [0.2, 0.25) is 0 Å². The van der Waals surface area contributed by atoms with Gasteiger partial charge in [0.25, 0.3) is 5.91 Å². The molecule has 2 heterocycles. The number of aliphatic hydroxyl groups is 1. The number of anilines is 1. The summed E-state index contributed by atoms with van der Waals surface area (Å²) in [6.07, 6.45) is 2.77. The van der Waals surface area contributed by atoms with Crippen LogP contribution >= 0.6 is 0 Å². The SMILES string of the molecule is Cn1cc(N)cc1C(=O)NCC1(O)CCOCC1. The maximum Gasteiger partial charge on any atom is 0.268 e. The van der Waals surface area contributed by atoms with E-state index >= 15 is 0 Å². The van der Waals surface area contributed by atoms with E-state index in [0.29, 0.717) is 37.4 Å². The number of aromatic nitrogens is 1. The number of hydrogen-bond acceptors (Lipinski definition) is 4. The molecule has 1 saturated heterocycles. The van der Waals surface area contributed by atoms with Gasteiger partial charge in [0.2, 0.25) is 0 Å². The van der Waals surface area contributed by atoms with Crippen LogP contribution in [0.4, 0.5) is 5.69 Å². The molecule has 4 N–H and O–H groups in total. The molecule has 0 aliphatic carbocycles. The van der Waals surface area contributed by atoms with E-state index in [4.69, 9.17) is 10.5 Å². The van der Waals surface area contributed by atoms with Crippen molar-refractivity contribution in [2.75, 3.05) is 25.5 Å².